The van der Waals surface area contributed by atoms with Gasteiger partial charge in [0.15, 0.2) is 0 Å². The second-order valence-corrected chi connectivity index (χ2v) is 3.47. The summed E-state index contributed by atoms with van der Waals surface area (Å²) in [5, 5.41) is 12.0. The number of hydrogen-bond acceptors (Lipinski definition) is 5. The molecule has 0 radical (unpaired) electrons. The highest BCUT2D eigenvalue weighted by atomic mass is 16.5. The molecule has 92 valence electrons. The van der Waals surface area contributed by atoms with Crippen LogP contribution in [-0.4, -0.2) is 38.6 Å². The highest BCUT2D eigenvalue weighted by molar-refractivity contribution is 5.05. The molecule has 0 aromatic carbocycles. The molecule has 1 atom stereocenters. The van der Waals surface area contributed by atoms with E-state index < -0.39 is 0 Å². The van der Waals surface area contributed by atoms with Gasteiger partial charge in [-0.15, -0.1) is 0 Å². The molecule has 1 heterocycles. The van der Waals surface area contributed by atoms with E-state index in [-0.39, 0.29) is 12.7 Å². The Morgan fingerprint density at radius 3 is 2.69 bits per heavy atom. The minimum absolute atomic E-state index is 0.0391. The Labute approximate surface area is 95.4 Å². The topological polar surface area (TPSA) is 63.9 Å². The van der Waals surface area contributed by atoms with Gasteiger partial charge < -0.3 is 24.3 Å². The maximum absolute atomic E-state index is 8.82. The van der Waals surface area contributed by atoms with Crippen LogP contribution in [0.2, 0.25) is 0 Å². The van der Waals surface area contributed by atoms with Crippen molar-refractivity contribution in [1.29, 1.82) is 0 Å². The second kappa shape index (κ2) is 7.40. The number of aliphatic hydroxyl groups excluding tert-OH is 1. The predicted molar refractivity (Wildman–Crippen MR) is 59.0 cm³/mol. The van der Waals surface area contributed by atoms with Gasteiger partial charge in [0.05, 0.1) is 19.3 Å². The van der Waals surface area contributed by atoms with Crippen LogP contribution in [0.1, 0.15) is 11.5 Å². The zero-order valence-corrected chi connectivity index (χ0v) is 9.73. The highest BCUT2D eigenvalue weighted by Gasteiger charge is 2.06. The van der Waals surface area contributed by atoms with Crippen LogP contribution in [0.3, 0.4) is 0 Å². The van der Waals surface area contributed by atoms with Crippen molar-refractivity contribution < 1.29 is 19.0 Å². The summed E-state index contributed by atoms with van der Waals surface area (Å²) in [6, 6.07) is 3.61. The fraction of sp³-hybridized carbons (Fsp3) is 0.636. The predicted octanol–water partition coefficient (Wildman–Crippen LogP) is 0.523. The van der Waals surface area contributed by atoms with E-state index in [1.807, 2.05) is 6.07 Å². The fourth-order valence-electron chi connectivity index (χ4n) is 1.35. The molecule has 0 saturated heterocycles. The molecular weight excluding hydrogens is 210 g/mol. The third-order valence-electron chi connectivity index (χ3n) is 2.23. The van der Waals surface area contributed by atoms with Crippen molar-refractivity contribution in [3.63, 3.8) is 0 Å². The van der Waals surface area contributed by atoms with Crippen molar-refractivity contribution in [2.45, 2.75) is 19.3 Å². The number of hydrogen-bond donors (Lipinski definition) is 2. The molecule has 0 saturated carbocycles. The number of furan rings is 1. The lowest BCUT2D eigenvalue weighted by atomic mass is 10.3. The first kappa shape index (κ1) is 13.2. The summed E-state index contributed by atoms with van der Waals surface area (Å²) in [6.45, 7) is 1.80. The van der Waals surface area contributed by atoms with Gasteiger partial charge in [-0.25, -0.2) is 0 Å². The molecule has 16 heavy (non-hydrogen) atoms. The zero-order chi connectivity index (χ0) is 11.8. The number of methoxy groups -OCH3 is 2. The van der Waals surface area contributed by atoms with Gasteiger partial charge in [0.1, 0.15) is 18.1 Å². The summed E-state index contributed by atoms with van der Waals surface area (Å²) in [5.41, 5.74) is 0. The van der Waals surface area contributed by atoms with Crippen LogP contribution in [-0.2, 0) is 22.6 Å². The molecule has 1 rings (SSSR count). The molecule has 5 heteroatoms. The molecule has 0 aliphatic rings. The average Bonchev–Trinajstić information content (AvgIpc) is 2.76. The van der Waals surface area contributed by atoms with Gasteiger partial charge in [0, 0.05) is 20.8 Å². The van der Waals surface area contributed by atoms with Gasteiger partial charge in [0.2, 0.25) is 0 Å². The lowest BCUT2D eigenvalue weighted by molar-refractivity contribution is 0.0285. The van der Waals surface area contributed by atoms with Crippen LogP contribution in [0.4, 0.5) is 0 Å². The SMILES string of the molecule is COCC(CNCc1ccc(CO)o1)OC. The van der Waals surface area contributed by atoms with Gasteiger partial charge in [-0.3, -0.25) is 0 Å². The Morgan fingerprint density at radius 1 is 1.38 bits per heavy atom. The van der Waals surface area contributed by atoms with Crippen LogP contribution in [0.25, 0.3) is 0 Å². The van der Waals surface area contributed by atoms with Crippen molar-refractivity contribution in [2.75, 3.05) is 27.4 Å². The van der Waals surface area contributed by atoms with E-state index in [1.165, 1.54) is 0 Å². The molecule has 2 N–H and O–H groups in total. The Balaban J connectivity index is 2.23. The Morgan fingerprint density at radius 2 is 2.12 bits per heavy atom. The third kappa shape index (κ3) is 4.32. The first-order valence-electron chi connectivity index (χ1n) is 5.21. The minimum atomic E-state index is -0.0651. The second-order valence-electron chi connectivity index (χ2n) is 3.47. The number of aliphatic hydroxyl groups is 1. The van der Waals surface area contributed by atoms with E-state index >= 15 is 0 Å². The molecule has 0 spiro atoms. The normalized spacial score (nSPS) is 12.9. The number of ether oxygens (including phenoxy) is 2. The molecule has 0 fully saturated rings. The van der Waals surface area contributed by atoms with Gasteiger partial charge in [-0.1, -0.05) is 0 Å². The van der Waals surface area contributed by atoms with Crippen LogP contribution >= 0.6 is 0 Å². The monoisotopic (exact) mass is 229 g/mol. The number of nitrogens with one attached hydrogen (secondary N) is 1. The van der Waals surface area contributed by atoms with Gasteiger partial charge in [0.25, 0.3) is 0 Å². The van der Waals surface area contributed by atoms with Crippen molar-refractivity contribution >= 4 is 0 Å². The van der Waals surface area contributed by atoms with Crippen molar-refractivity contribution in [3.8, 4) is 0 Å². The lowest BCUT2D eigenvalue weighted by Gasteiger charge is -2.14. The van der Waals surface area contributed by atoms with Gasteiger partial charge >= 0.3 is 0 Å². The maximum Gasteiger partial charge on any atom is 0.129 e. The summed E-state index contributed by atoms with van der Waals surface area (Å²) in [5.74, 6) is 1.38. The standard InChI is InChI=1S/C11H19NO4/c1-14-8-11(15-2)6-12-5-9-3-4-10(7-13)16-9/h3-4,11-13H,5-8H2,1-2H3. The van der Waals surface area contributed by atoms with Crippen LogP contribution in [0.5, 0.6) is 0 Å². The van der Waals surface area contributed by atoms with Gasteiger partial charge in [-0.2, -0.15) is 0 Å². The van der Waals surface area contributed by atoms with Gasteiger partial charge in [-0.05, 0) is 12.1 Å². The van der Waals surface area contributed by atoms with Crippen LogP contribution in [0.15, 0.2) is 16.5 Å². The van der Waals surface area contributed by atoms with E-state index in [9.17, 15) is 0 Å². The maximum atomic E-state index is 8.82. The summed E-state index contributed by atoms with van der Waals surface area (Å²) in [6.07, 6.45) is 0.0391. The van der Waals surface area contributed by atoms with E-state index in [0.717, 1.165) is 5.76 Å². The van der Waals surface area contributed by atoms with E-state index in [4.69, 9.17) is 19.0 Å². The molecule has 1 unspecified atom stereocenters. The van der Waals surface area contributed by atoms with E-state index in [2.05, 4.69) is 5.32 Å². The molecule has 0 bridgehead atoms. The van der Waals surface area contributed by atoms with E-state index in [0.29, 0.717) is 25.5 Å². The summed E-state index contributed by atoms with van der Waals surface area (Å²) in [4.78, 5) is 0. The third-order valence-corrected chi connectivity index (χ3v) is 2.23. The van der Waals surface area contributed by atoms with E-state index in [1.54, 1.807) is 20.3 Å². The summed E-state index contributed by atoms with van der Waals surface area (Å²) >= 11 is 0. The quantitative estimate of drug-likeness (QED) is 0.680. The summed E-state index contributed by atoms with van der Waals surface area (Å²) in [7, 11) is 3.30. The molecular formula is C11H19NO4. The first-order valence-corrected chi connectivity index (χ1v) is 5.21. The van der Waals surface area contributed by atoms with Crippen molar-refractivity contribution in [1.82, 2.24) is 5.32 Å². The van der Waals surface area contributed by atoms with Crippen molar-refractivity contribution in [3.05, 3.63) is 23.7 Å². The highest BCUT2D eigenvalue weighted by Crippen LogP contribution is 2.07. The smallest absolute Gasteiger partial charge is 0.129 e. The summed E-state index contributed by atoms with van der Waals surface area (Å²) < 4.78 is 15.5. The fourth-order valence-corrected chi connectivity index (χ4v) is 1.35. The molecule has 1 aromatic heterocycles. The molecule has 0 aliphatic carbocycles. The van der Waals surface area contributed by atoms with Crippen LogP contribution in [0, 0.1) is 0 Å². The zero-order valence-electron chi connectivity index (χ0n) is 9.73. The Bertz CT molecular complexity index is 287. The molecule has 0 aliphatic heterocycles. The largest absolute Gasteiger partial charge is 0.462 e. The molecule has 0 amide bonds. The average molecular weight is 229 g/mol. The Hall–Kier alpha value is -0.880. The lowest BCUT2D eigenvalue weighted by Crippen LogP contribution is -2.31. The molecule has 5 nitrogen and oxygen atoms in total. The Kier molecular flexibility index (Phi) is 6.10. The molecule has 1 aromatic rings. The minimum Gasteiger partial charge on any atom is -0.462 e. The number of rotatable bonds is 8. The van der Waals surface area contributed by atoms with Crippen molar-refractivity contribution in [2.24, 2.45) is 0 Å². The van der Waals surface area contributed by atoms with Crippen LogP contribution < -0.4 is 5.32 Å². The first-order chi connectivity index (χ1) is 7.80.